The zero-order valence-electron chi connectivity index (χ0n) is 13.1. The van der Waals surface area contributed by atoms with Gasteiger partial charge in [-0.25, -0.2) is 0 Å². The summed E-state index contributed by atoms with van der Waals surface area (Å²) < 4.78 is 11.3. The molecule has 0 bridgehead atoms. The van der Waals surface area contributed by atoms with E-state index in [1.54, 1.807) is 0 Å². The lowest BCUT2D eigenvalue weighted by Crippen LogP contribution is -2.58. The highest BCUT2D eigenvalue weighted by Gasteiger charge is 2.85. The molecule has 116 valence electrons. The Kier molecular flexibility index (Phi) is 2.60. The molecule has 0 radical (unpaired) electrons. The van der Waals surface area contributed by atoms with E-state index in [9.17, 15) is 9.59 Å². The Bertz CT molecular complexity index is 511. The molecule has 0 aromatic rings. The standard InChI is InChI=1S/C17H24O4/c1-4-5-16(2,3)8-11(18)20-14-13-12-10(15(19)21-13)6-9-7-17(9,12)14/h9-10,12-14H,4-8H2,1-3H3. The summed E-state index contributed by atoms with van der Waals surface area (Å²) >= 11 is 0. The lowest BCUT2D eigenvalue weighted by atomic mass is 9.64. The summed E-state index contributed by atoms with van der Waals surface area (Å²) in [4.78, 5) is 24.1. The number of ether oxygens (including phenoxy) is 2. The van der Waals surface area contributed by atoms with Gasteiger partial charge in [-0.05, 0) is 30.6 Å². The minimum Gasteiger partial charge on any atom is -0.458 e. The van der Waals surface area contributed by atoms with Gasteiger partial charge >= 0.3 is 11.9 Å². The summed E-state index contributed by atoms with van der Waals surface area (Å²) in [6.45, 7) is 6.36. The Morgan fingerprint density at radius 1 is 1.48 bits per heavy atom. The molecule has 4 aliphatic rings. The molecular weight excluding hydrogens is 268 g/mol. The topological polar surface area (TPSA) is 52.6 Å². The molecular formula is C17H24O4. The van der Waals surface area contributed by atoms with E-state index >= 15 is 0 Å². The second-order valence-corrected chi connectivity index (χ2v) is 8.28. The van der Waals surface area contributed by atoms with Crippen molar-refractivity contribution < 1.29 is 19.1 Å². The van der Waals surface area contributed by atoms with Crippen LogP contribution in [-0.4, -0.2) is 24.1 Å². The van der Waals surface area contributed by atoms with E-state index in [0.717, 1.165) is 25.7 Å². The van der Waals surface area contributed by atoms with Crippen molar-refractivity contribution in [3.05, 3.63) is 0 Å². The fraction of sp³-hybridized carbons (Fsp3) is 0.882. The molecule has 6 unspecified atom stereocenters. The molecule has 3 aliphatic carbocycles. The molecule has 1 aliphatic heterocycles. The van der Waals surface area contributed by atoms with Crippen molar-refractivity contribution in [2.75, 3.05) is 0 Å². The van der Waals surface area contributed by atoms with Gasteiger partial charge in [-0.15, -0.1) is 0 Å². The summed E-state index contributed by atoms with van der Waals surface area (Å²) in [6.07, 6.45) is 4.31. The second kappa shape index (κ2) is 4.02. The normalized spacial score (nSPS) is 45.5. The van der Waals surface area contributed by atoms with Gasteiger partial charge in [-0.1, -0.05) is 27.2 Å². The van der Waals surface area contributed by atoms with Crippen molar-refractivity contribution in [3.8, 4) is 0 Å². The van der Waals surface area contributed by atoms with Crippen LogP contribution in [0.5, 0.6) is 0 Å². The molecule has 21 heavy (non-hydrogen) atoms. The van der Waals surface area contributed by atoms with Crippen LogP contribution in [0.15, 0.2) is 0 Å². The van der Waals surface area contributed by atoms with Crippen LogP contribution in [0.4, 0.5) is 0 Å². The maximum atomic E-state index is 12.3. The molecule has 4 heteroatoms. The lowest BCUT2D eigenvalue weighted by Gasteiger charge is -2.46. The first-order chi connectivity index (χ1) is 9.89. The lowest BCUT2D eigenvalue weighted by molar-refractivity contribution is -0.199. The Hall–Kier alpha value is -1.06. The predicted molar refractivity (Wildman–Crippen MR) is 75.2 cm³/mol. The molecule has 4 rings (SSSR count). The minimum atomic E-state index is -0.158. The monoisotopic (exact) mass is 292 g/mol. The van der Waals surface area contributed by atoms with E-state index in [1.165, 1.54) is 0 Å². The van der Waals surface area contributed by atoms with Gasteiger partial charge in [0.15, 0.2) is 0 Å². The van der Waals surface area contributed by atoms with Crippen LogP contribution in [0, 0.1) is 28.6 Å². The number of hydrogen-bond donors (Lipinski definition) is 0. The second-order valence-electron chi connectivity index (χ2n) is 8.28. The summed E-state index contributed by atoms with van der Waals surface area (Å²) in [5.74, 6) is 0.861. The minimum absolute atomic E-state index is 0.0137. The number of hydrogen-bond acceptors (Lipinski definition) is 4. The maximum absolute atomic E-state index is 12.3. The zero-order valence-corrected chi connectivity index (χ0v) is 13.1. The third-order valence-corrected chi connectivity index (χ3v) is 6.34. The SMILES string of the molecule is CCCC(C)(C)CC(=O)OC1C2OC(=O)C3CC4CC41C32. The Labute approximate surface area is 125 Å². The van der Waals surface area contributed by atoms with Crippen molar-refractivity contribution in [1.82, 2.24) is 0 Å². The molecule has 3 saturated carbocycles. The van der Waals surface area contributed by atoms with Crippen molar-refractivity contribution >= 4 is 11.9 Å². The van der Waals surface area contributed by atoms with Gasteiger partial charge in [0, 0.05) is 11.3 Å². The zero-order chi connectivity index (χ0) is 15.0. The highest BCUT2D eigenvalue weighted by Crippen LogP contribution is 2.80. The first-order valence-corrected chi connectivity index (χ1v) is 8.29. The van der Waals surface area contributed by atoms with Gasteiger partial charge in [-0.3, -0.25) is 9.59 Å². The van der Waals surface area contributed by atoms with E-state index in [4.69, 9.17) is 9.47 Å². The molecule has 6 atom stereocenters. The average Bonchev–Trinajstić information content (AvgIpc) is 2.92. The predicted octanol–water partition coefficient (Wildman–Crippen LogP) is 2.70. The van der Waals surface area contributed by atoms with Crippen LogP contribution in [0.2, 0.25) is 0 Å². The number of rotatable bonds is 5. The Balaban J connectivity index is 1.43. The van der Waals surface area contributed by atoms with Crippen LogP contribution >= 0.6 is 0 Å². The quantitative estimate of drug-likeness (QED) is 0.731. The molecule has 4 fully saturated rings. The van der Waals surface area contributed by atoms with Gasteiger partial charge in [-0.2, -0.15) is 0 Å². The number of carbonyl (C=O) groups excluding carboxylic acids is 2. The van der Waals surface area contributed by atoms with Crippen molar-refractivity contribution in [2.24, 2.45) is 28.6 Å². The molecule has 0 amide bonds. The molecule has 4 nitrogen and oxygen atoms in total. The van der Waals surface area contributed by atoms with Crippen LogP contribution < -0.4 is 0 Å². The van der Waals surface area contributed by atoms with E-state index in [2.05, 4.69) is 20.8 Å². The van der Waals surface area contributed by atoms with Gasteiger partial charge in [0.2, 0.25) is 0 Å². The first kappa shape index (κ1) is 13.6. The third-order valence-electron chi connectivity index (χ3n) is 6.34. The van der Waals surface area contributed by atoms with E-state index in [-0.39, 0.29) is 40.9 Å². The molecule has 0 aromatic heterocycles. The number of carbonyl (C=O) groups is 2. The van der Waals surface area contributed by atoms with Gasteiger partial charge in [0.1, 0.15) is 12.2 Å². The fourth-order valence-corrected chi connectivity index (χ4v) is 5.47. The van der Waals surface area contributed by atoms with Crippen LogP contribution in [0.25, 0.3) is 0 Å². The summed E-state index contributed by atoms with van der Waals surface area (Å²) in [6, 6.07) is 0. The summed E-state index contributed by atoms with van der Waals surface area (Å²) in [5, 5.41) is 0. The van der Waals surface area contributed by atoms with Gasteiger partial charge in [0.05, 0.1) is 12.3 Å². The van der Waals surface area contributed by atoms with E-state index in [0.29, 0.717) is 18.3 Å². The molecule has 0 aromatic carbocycles. The van der Waals surface area contributed by atoms with E-state index < -0.39 is 0 Å². The summed E-state index contributed by atoms with van der Waals surface area (Å²) in [5.41, 5.74) is 0.103. The molecule has 1 spiro atoms. The van der Waals surface area contributed by atoms with Gasteiger partial charge in [0.25, 0.3) is 0 Å². The van der Waals surface area contributed by atoms with Crippen LogP contribution in [-0.2, 0) is 19.1 Å². The molecule has 1 heterocycles. The maximum Gasteiger partial charge on any atom is 0.309 e. The highest BCUT2D eigenvalue weighted by atomic mass is 16.6. The van der Waals surface area contributed by atoms with Crippen molar-refractivity contribution in [3.63, 3.8) is 0 Å². The largest absolute Gasteiger partial charge is 0.458 e. The molecule has 0 N–H and O–H groups in total. The fourth-order valence-electron chi connectivity index (χ4n) is 5.47. The van der Waals surface area contributed by atoms with Crippen molar-refractivity contribution in [1.29, 1.82) is 0 Å². The van der Waals surface area contributed by atoms with Crippen LogP contribution in [0.1, 0.15) is 52.9 Å². The first-order valence-electron chi connectivity index (χ1n) is 8.29. The average molecular weight is 292 g/mol. The van der Waals surface area contributed by atoms with E-state index in [1.807, 2.05) is 0 Å². The highest BCUT2D eigenvalue weighted by molar-refractivity contribution is 5.79. The third kappa shape index (κ3) is 1.68. The smallest absolute Gasteiger partial charge is 0.309 e. The Morgan fingerprint density at radius 2 is 2.24 bits per heavy atom. The van der Waals surface area contributed by atoms with Crippen LogP contribution in [0.3, 0.4) is 0 Å². The van der Waals surface area contributed by atoms with Gasteiger partial charge < -0.3 is 9.47 Å². The number of esters is 2. The Morgan fingerprint density at radius 3 is 2.95 bits per heavy atom. The van der Waals surface area contributed by atoms with Crippen molar-refractivity contribution in [2.45, 2.75) is 65.1 Å². The summed E-state index contributed by atoms with van der Waals surface area (Å²) in [7, 11) is 0. The molecule has 1 saturated heterocycles.